The van der Waals surface area contributed by atoms with Crippen molar-refractivity contribution in [3.63, 3.8) is 0 Å². The van der Waals surface area contributed by atoms with Gasteiger partial charge in [0.15, 0.2) is 7.14 Å². The van der Waals surface area contributed by atoms with Gasteiger partial charge in [0.2, 0.25) is 0 Å². The number of carbonyl (C=O) groups excluding carboxylic acids is 1. The SMILES string of the molecule is CC(=O)Oc1ccccc1P(=O)(c1ccccc1)c1ccccc1. The normalized spacial score (nSPS) is 11.0. The van der Waals surface area contributed by atoms with E-state index in [4.69, 9.17) is 4.74 Å². The van der Waals surface area contributed by atoms with Gasteiger partial charge in [-0.1, -0.05) is 72.8 Å². The largest absolute Gasteiger partial charge is 0.426 e. The molecule has 3 aromatic carbocycles. The number of ether oxygens (including phenoxy) is 1. The molecule has 0 aromatic heterocycles. The van der Waals surface area contributed by atoms with Gasteiger partial charge in [-0.3, -0.25) is 4.79 Å². The topological polar surface area (TPSA) is 43.4 Å². The van der Waals surface area contributed by atoms with Crippen LogP contribution in [0.2, 0.25) is 0 Å². The third-order valence-corrected chi connectivity index (χ3v) is 6.80. The fourth-order valence-corrected chi connectivity index (χ4v) is 5.43. The van der Waals surface area contributed by atoms with Crippen LogP contribution in [0.5, 0.6) is 5.75 Å². The van der Waals surface area contributed by atoms with E-state index in [2.05, 4.69) is 0 Å². The number of carbonyl (C=O) groups is 1. The minimum Gasteiger partial charge on any atom is -0.426 e. The predicted molar refractivity (Wildman–Crippen MR) is 97.1 cm³/mol. The first-order valence-electron chi connectivity index (χ1n) is 7.61. The summed E-state index contributed by atoms with van der Waals surface area (Å²) in [4.78, 5) is 11.5. The van der Waals surface area contributed by atoms with Crippen LogP contribution in [0.25, 0.3) is 0 Å². The van der Waals surface area contributed by atoms with Crippen LogP contribution >= 0.6 is 7.14 Å². The Balaban J connectivity index is 2.29. The van der Waals surface area contributed by atoms with Gasteiger partial charge in [0.1, 0.15) is 5.75 Å². The summed E-state index contributed by atoms with van der Waals surface area (Å²) in [7, 11) is -3.15. The molecule has 0 aliphatic carbocycles. The van der Waals surface area contributed by atoms with E-state index in [0.717, 1.165) is 0 Å². The fraction of sp³-hybridized carbons (Fsp3) is 0.0500. The second-order valence-electron chi connectivity index (χ2n) is 5.34. The molecule has 3 aromatic rings. The lowest BCUT2D eigenvalue weighted by Crippen LogP contribution is -2.26. The van der Waals surface area contributed by atoms with Gasteiger partial charge in [0, 0.05) is 17.5 Å². The third-order valence-electron chi connectivity index (χ3n) is 3.70. The number of benzene rings is 3. The van der Waals surface area contributed by atoms with E-state index in [0.29, 0.717) is 21.7 Å². The van der Waals surface area contributed by atoms with E-state index in [1.165, 1.54) is 6.92 Å². The summed E-state index contributed by atoms with van der Waals surface area (Å²) in [5.74, 6) is -0.101. The highest BCUT2D eigenvalue weighted by atomic mass is 31.2. The molecule has 0 saturated carbocycles. The second-order valence-corrected chi connectivity index (χ2v) is 8.07. The Morgan fingerprint density at radius 2 is 1.21 bits per heavy atom. The van der Waals surface area contributed by atoms with Crippen LogP contribution in [-0.2, 0) is 9.36 Å². The van der Waals surface area contributed by atoms with Crippen LogP contribution < -0.4 is 20.7 Å². The van der Waals surface area contributed by atoms with Crippen LogP contribution in [-0.4, -0.2) is 5.97 Å². The molecule has 0 fully saturated rings. The molecule has 4 heteroatoms. The van der Waals surface area contributed by atoms with Crippen molar-refractivity contribution in [2.75, 3.05) is 0 Å². The van der Waals surface area contributed by atoms with Crippen molar-refractivity contribution >= 4 is 29.0 Å². The lowest BCUT2D eigenvalue weighted by atomic mass is 10.3. The zero-order chi connectivity index (χ0) is 17.0. The third kappa shape index (κ3) is 3.04. The smallest absolute Gasteiger partial charge is 0.308 e. The van der Waals surface area contributed by atoms with Gasteiger partial charge in [-0.25, -0.2) is 0 Å². The number of esters is 1. The van der Waals surface area contributed by atoms with Gasteiger partial charge in [-0.05, 0) is 12.1 Å². The Hall–Kier alpha value is -2.64. The molecule has 3 nitrogen and oxygen atoms in total. The Bertz CT molecular complexity index is 846. The Kier molecular flexibility index (Phi) is 4.64. The second kappa shape index (κ2) is 6.86. The average molecular weight is 336 g/mol. The molecule has 0 unspecified atom stereocenters. The molecule has 120 valence electrons. The van der Waals surface area contributed by atoms with Crippen LogP contribution in [0.3, 0.4) is 0 Å². The molecule has 0 aliphatic rings. The zero-order valence-electron chi connectivity index (χ0n) is 13.3. The van der Waals surface area contributed by atoms with Crippen LogP contribution in [0.1, 0.15) is 6.92 Å². The molecule has 0 N–H and O–H groups in total. The van der Waals surface area contributed by atoms with E-state index in [1.54, 1.807) is 24.3 Å². The van der Waals surface area contributed by atoms with Gasteiger partial charge in [-0.15, -0.1) is 0 Å². The van der Waals surface area contributed by atoms with Crippen LogP contribution in [0.4, 0.5) is 0 Å². The van der Waals surface area contributed by atoms with E-state index in [-0.39, 0.29) is 0 Å². The van der Waals surface area contributed by atoms with Crippen molar-refractivity contribution in [1.29, 1.82) is 0 Å². The predicted octanol–water partition coefficient (Wildman–Crippen LogP) is 3.25. The summed E-state index contributed by atoms with van der Waals surface area (Å²) in [6.07, 6.45) is 0. The van der Waals surface area contributed by atoms with E-state index < -0.39 is 13.1 Å². The minimum atomic E-state index is -3.15. The maximum Gasteiger partial charge on any atom is 0.308 e. The Morgan fingerprint density at radius 1 is 0.750 bits per heavy atom. The molecule has 0 saturated heterocycles. The maximum absolute atomic E-state index is 14.2. The number of hydrogen-bond acceptors (Lipinski definition) is 3. The summed E-state index contributed by atoms with van der Waals surface area (Å²) in [5, 5.41) is 1.93. The van der Waals surface area contributed by atoms with Gasteiger partial charge in [-0.2, -0.15) is 0 Å². The Labute approximate surface area is 141 Å². The Morgan fingerprint density at radius 3 is 1.71 bits per heavy atom. The lowest BCUT2D eigenvalue weighted by Gasteiger charge is -2.21. The van der Waals surface area contributed by atoms with Gasteiger partial charge < -0.3 is 9.30 Å². The van der Waals surface area contributed by atoms with Crippen molar-refractivity contribution in [2.45, 2.75) is 6.92 Å². The molecule has 0 heterocycles. The van der Waals surface area contributed by atoms with Gasteiger partial charge in [0.05, 0.1) is 5.30 Å². The molecule has 24 heavy (non-hydrogen) atoms. The maximum atomic E-state index is 14.2. The molecule has 0 radical (unpaired) electrons. The molecular weight excluding hydrogens is 319 g/mol. The van der Waals surface area contributed by atoms with Crippen molar-refractivity contribution < 1.29 is 14.1 Å². The van der Waals surface area contributed by atoms with E-state index in [1.807, 2.05) is 60.7 Å². The lowest BCUT2D eigenvalue weighted by molar-refractivity contribution is -0.131. The average Bonchev–Trinajstić information content (AvgIpc) is 2.62. The molecule has 3 rings (SSSR count). The van der Waals surface area contributed by atoms with E-state index in [9.17, 15) is 9.36 Å². The van der Waals surface area contributed by atoms with Crippen molar-refractivity contribution in [3.05, 3.63) is 84.9 Å². The van der Waals surface area contributed by atoms with Crippen LogP contribution in [0, 0.1) is 0 Å². The summed E-state index contributed by atoms with van der Waals surface area (Å²) in [5.41, 5.74) is 0. The number of para-hydroxylation sites is 1. The molecule has 0 atom stereocenters. The number of rotatable bonds is 4. The first-order valence-corrected chi connectivity index (χ1v) is 9.32. The van der Waals surface area contributed by atoms with Gasteiger partial charge in [0.25, 0.3) is 0 Å². The monoisotopic (exact) mass is 336 g/mol. The highest BCUT2D eigenvalue weighted by molar-refractivity contribution is 7.85. The molecular formula is C20H17O3P. The summed E-state index contributed by atoms with van der Waals surface area (Å²) in [6, 6.07) is 25.6. The van der Waals surface area contributed by atoms with Crippen molar-refractivity contribution in [2.24, 2.45) is 0 Å². The first-order chi connectivity index (χ1) is 11.6. The quantitative estimate of drug-likeness (QED) is 0.417. The molecule has 0 spiro atoms. The fourth-order valence-electron chi connectivity index (χ4n) is 2.66. The van der Waals surface area contributed by atoms with Gasteiger partial charge >= 0.3 is 5.97 Å². The van der Waals surface area contributed by atoms with Crippen molar-refractivity contribution in [1.82, 2.24) is 0 Å². The standard InChI is InChI=1S/C20H17O3P/c1-16(21)23-19-14-8-9-15-20(19)24(22,17-10-4-2-5-11-17)18-12-6-3-7-13-18/h2-15H,1H3. The summed E-state index contributed by atoms with van der Waals surface area (Å²) in [6.45, 7) is 1.34. The minimum absolute atomic E-state index is 0.334. The highest BCUT2D eigenvalue weighted by Gasteiger charge is 2.32. The highest BCUT2D eigenvalue weighted by Crippen LogP contribution is 2.44. The molecule has 0 amide bonds. The first kappa shape index (κ1) is 16.2. The summed E-state index contributed by atoms with van der Waals surface area (Å²) >= 11 is 0. The molecule has 0 bridgehead atoms. The molecule has 0 aliphatic heterocycles. The van der Waals surface area contributed by atoms with Crippen molar-refractivity contribution in [3.8, 4) is 5.75 Å². The summed E-state index contributed by atoms with van der Waals surface area (Å²) < 4.78 is 19.6. The van der Waals surface area contributed by atoms with Crippen LogP contribution in [0.15, 0.2) is 84.9 Å². The van der Waals surface area contributed by atoms with E-state index >= 15 is 0 Å². The zero-order valence-corrected chi connectivity index (χ0v) is 14.1. The number of hydrogen-bond donors (Lipinski definition) is 0.